The average Bonchev–Trinajstić information content (AvgIpc) is 2.97. The van der Waals surface area contributed by atoms with Gasteiger partial charge in [0.25, 0.3) is 0 Å². The van der Waals surface area contributed by atoms with Crippen LogP contribution in [0.15, 0.2) is 12.3 Å². The molecular formula is C15H25N3O. The van der Waals surface area contributed by atoms with E-state index in [1.54, 1.807) is 0 Å². The quantitative estimate of drug-likeness (QED) is 0.823. The van der Waals surface area contributed by atoms with E-state index in [4.69, 9.17) is 10.8 Å². The lowest BCUT2D eigenvalue weighted by atomic mass is 9.79. The molecule has 0 aromatic carbocycles. The van der Waals surface area contributed by atoms with E-state index >= 15 is 0 Å². The summed E-state index contributed by atoms with van der Waals surface area (Å²) in [7, 11) is 0. The first-order valence-corrected chi connectivity index (χ1v) is 7.62. The molecule has 1 aromatic heterocycles. The summed E-state index contributed by atoms with van der Waals surface area (Å²) in [5, 5.41) is 14.5. The molecule has 2 aliphatic rings. The van der Waals surface area contributed by atoms with Crippen LogP contribution < -0.4 is 5.73 Å². The van der Waals surface area contributed by atoms with Crippen molar-refractivity contribution in [2.24, 2.45) is 17.1 Å². The molecular weight excluding hydrogens is 238 g/mol. The molecule has 1 atom stereocenters. The molecule has 1 aromatic rings. The van der Waals surface area contributed by atoms with Crippen LogP contribution in [0.2, 0.25) is 0 Å². The number of nitrogens with zero attached hydrogens (tertiary/aromatic N) is 2. The highest BCUT2D eigenvalue weighted by atomic mass is 16.3. The zero-order valence-corrected chi connectivity index (χ0v) is 11.6. The van der Waals surface area contributed by atoms with E-state index in [1.807, 2.05) is 0 Å². The Morgan fingerprint density at radius 1 is 1.32 bits per heavy atom. The SMILES string of the molecule is NCC(CO)(Cc1ccn(C2CCCC2)n1)C1CC1. The minimum atomic E-state index is -0.130. The number of aliphatic hydroxyl groups excluding tert-OH is 1. The van der Waals surface area contributed by atoms with Gasteiger partial charge in [-0.05, 0) is 37.7 Å². The third-order valence-corrected chi connectivity index (χ3v) is 5.06. The third-order valence-electron chi connectivity index (χ3n) is 5.06. The summed E-state index contributed by atoms with van der Waals surface area (Å²) in [6.07, 6.45) is 10.5. The Morgan fingerprint density at radius 3 is 2.63 bits per heavy atom. The first-order chi connectivity index (χ1) is 9.27. The first-order valence-electron chi connectivity index (χ1n) is 7.62. The van der Waals surface area contributed by atoms with E-state index in [2.05, 4.69) is 16.9 Å². The second-order valence-corrected chi connectivity index (χ2v) is 6.40. The van der Waals surface area contributed by atoms with Crippen LogP contribution in [0.1, 0.15) is 50.3 Å². The monoisotopic (exact) mass is 263 g/mol. The van der Waals surface area contributed by atoms with Crippen LogP contribution >= 0.6 is 0 Å². The zero-order chi connectivity index (χ0) is 13.3. The minimum Gasteiger partial charge on any atom is -0.396 e. The van der Waals surface area contributed by atoms with Crippen molar-refractivity contribution in [3.63, 3.8) is 0 Å². The molecule has 1 heterocycles. The maximum Gasteiger partial charge on any atom is 0.0631 e. The molecule has 0 aliphatic heterocycles. The average molecular weight is 263 g/mol. The van der Waals surface area contributed by atoms with Gasteiger partial charge in [-0.3, -0.25) is 4.68 Å². The van der Waals surface area contributed by atoms with Crippen LogP contribution in [0.25, 0.3) is 0 Å². The minimum absolute atomic E-state index is 0.130. The largest absolute Gasteiger partial charge is 0.396 e. The van der Waals surface area contributed by atoms with Crippen molar-refractivity contribution in [1.29, 1.82) is 0 Å². The Hall–Kier alpha value is -0.870. The number of hydrogen-bond acceptors (Lipinski definition) is 3. The molecule has 4 heteroatoms. The number of aromatic nitrogens is 2. The van der Waals surface area contributed by atoms with Gasteiger partial charge in [-0.15, -0.1) is 0 Å². The van der Waals surface area contributed by atoms with Crippen molar-refractivity contribution in [2.45, 2.75) is 51.0 Å². The molecule has 19 heavy (non-hydrogen) atoms. The Kier molecular flexibility index (Phi) is 3.63. The Bertz CT molecular complexity index is 415. The van der Waals surface area contributed by atoms with Crippen molar-refractivity contribution in [2.75, 3.05) is 13.2 Å². The summed E-state index contributed by atoms with van der Waals surface area (Å²) in [5.74, 6) is 0.596. The van der Waals surface area contributed by atoms with E-state index < -0.39 is 0 Å². The van der Waals surface area contributed by atoms with Crippen LogP contribution in [0.5, 0.6) is 0 Å². The molecule has 1 unspecified atom stereocenters. The van der Waals surface area contributed by atoms with Gasteiger partial charge >= 0.3 is 0 Å². The van der Waals surface area contributed by atoms with E-state index in [9.17, 15) is 5.11 Å². The molecule has 2 saturated carbocycles. The van der Waals surface area contributed by atoms with Crippen LogP contribution in [-0.4, -0.2) is 28.0 Å². The molecule has 0 spiro atoms. The second kappa shape index (κ2) is 5.25. The molecule has 2 aliphatic carbocycles. The van der Waals surface area contributed by atoms with Gasteiger partial charge < -0.3 is 10.8 Å². The van der Waals surface area contributed by atoms with Crippen molar-refractivity contribution in [1.82, 2.24) is 9.78 Å². The van der Waals surface area contributed by atoms with Gasteiger partial charge in [0, 0.05) is 24.6 Å². The van der Waals surface area contributed by atoms with E-state index in [1.165, 1.54) is 38.5 Å². The van der Waals surface area contributed by atoms with E-state index in [0.29, 0.717) is 18.5 Å². The normalized spacial score (nSPS) is 23.7. The zero-order valence-electron chi connectivity index (χ0n) is 11.6. The van der Waals surface area contributed by atoms with Gasteiger partial charge in [0.15, 0.2) is 0 Å². The summed E-state index contributed by atoms with van der Waals surface area (Å²) in [5.41, 5.74) is 6.91. The van der Waals surface area contributed by atoms with Crippen molar-refractivity contribution < 1.29 is 5.11 Å². The Morgan fingerprint density at radius 2 is 2.05 bits per heavy atom. The maximum atomic E-state index is 9.75. The van der Waals surface area contributed by atoms with Gasteiger partial charge in [0.1, 0.15) is 0 Å². The van der Waals surface area contributed by atoms with Crippen LogP contribution in [-0.2, 0) is 6.42 Å². The summed E-state index contributed by atoms with van der Waals surface area (Å²) in [6.45, 7) is 0.745. The lowest BCUT2D eigenvalue weighted by Crippen LogP contribution is -2.38. The molecule has 106 valence electrons. The molecule has 2 fully saturated rings. The number of nitrogens with two attached hydrogens (primary N) is 1. The van der Waals surface area contributed by atoms with Crippen molar-refractivity contribution >= 4 is 0 Å². The molecule has 4 nitrogen and oxygen atoms in total. The van der Waals surface area contributed by atoms with Crippen LogP contribution in [0.3, 0.4) is 0 Å². The van der Waals surface area contributed by atoms with Crippen LogP contribution in [0.4, 0.5) is 0 Å². The van der Waals surface area contributed by atoms with Crippen molar-refractivity contribution in [3.8, 4) is 0 Å². The topological polar surface area (TPSA) is 64.1 Å². The number of hydrogen-bond donors (Lipinski definition) is 2. The number of aliphatic hydroxyl groups is 1. The molecule has 0 saturated heterocycles. The van der Waals surface area contributed by atoms with Gasteiger partial charge in [-0.25, -0.2) is 0 Å². The molecule has 3 N–H and O–H groups in total. The smallest absolute Gasteiger partial charge is 0.0631 e. The highest BCUT2D eigenvalue weighted by molar-refractivity contribution is 5.08. The number of rotatable bonds is 6. The summed E-state index contributed by atoms with van der Waals surface area (Å²) < 4.78 is 2.13. The standard InChI is InChI=1S/C15H25N3O/c16-10-15(11-19,12-5-6-12)9-13-7-8-18(17-13)14-3-1-2-4-14/h7-8,12,14,19H,1-6,9-11,16H2. The van der Waals surface area contributed by atoms with Gasteiger partial charge in [0.2, 0.25) is 0 Å². The van der Waals surface area contributed by atoms with Gasteiger partial charge in [-0.2, -0.15) is 5.10 Å². The Balaban J connectivity index is 1.71. The predicted octanol–water partition coefficient (Wildman–Crippen LogP) is 1.89. The van der Waals surface area contributed by atoms with Gasteiger partial charge in [-0.1, -0.05) is 12.8 Å². The van der Waals surface area contributed by atoms with E-state index in [0.717, 1.165) is 12.1 Å². The fraction of sp³-hybridized carbons (Fsp3) is 0.800. The first kappa shape index (κ1) is 13.1. The molecule has 3 rings (SSSR count). The fourth-order valence-electron chi connectivity index (χ4n) is 3.53. The summed E-state index contributed by atoms with van der Waals surface area (Å²) in [4.78, 5) is 0. The summed E-state index contributed by atoms with van der Waals surface area (Å²) in [6, 6.07) is 2.71. The van der Waals surface area contributed by atoms with Crippen LogP contribution in [0, 0.1) is 11.3 Å². The lowest BCUT2D eigenvalue weighted by Gasteiger charge is -2.29. The Labute approximate surface area is 115 Å². The molecule has 0 radical (unpaired) electrons. The predicted molar refractivity (Wildman–Crippen MR) is 74.7 cm³/mol. The fourth-order valence-corrected chi connectivity index (χ4v) is 3.53. The molecule has 0 bridgehead atoms. The van der Waals surface area contributed by atoms with Crippen molar-refractivity contribution in [3.05, 3.63) is 18.0 Å². The van der Waals surface area contributed by atoms with Gasteiger partial charge in [0.05, 0.1) is 18.3 Å². The third kappa shape index (κ3) is 2.56. The maximum absolute atomic E-state index is 9.75. The van der Waals surface area contributed by atoms with E-state index in [-0.39, 0.29) is 12.0 Å². The highest BCUT2D eigenvalue weighted by Gasteiger charge is 2.44. The highest BCUT2D eigenvalue weighted by Crippen LogP contribution is 2.46. The molecule has 0 amide bonds. The second-order valence-electron chi connectivity index (χ2n) is 6.40. The summed E-state index contributed by atoms with van der Waals surface area (Å²) >= 11 is 0. The lowest BCUT2D eigenvalue weighted by molar-refractivity contribution is 0.107.